The number of ether oxygens (including phenoxy) is 1. The highest BCUT2D eigenvalue weighted by Crippen LogP contribution is 2.10. The summed E-state index contributed by atoms with van der Waals surface area (Å²) in [4.78, 5) is 16.2. The van der Waals surface area contributed by atoms with Crippen LogP contribution >= 0.6 is 0 Å². The zero-order chi connectivity index (χ0) is 13.5. The molecule has 1 rings (SSSR count). The molecule has 0 aromatic carbocycles. The van der Waals surface area contributed by atoms with Crippen molar-refractivity contribution in [3.8, 4) is 0 Å². The van der Waals surface area contributed by atoms with Crippen LogP contribution in [0.2, 0.25) is 0 Å². The molecule has 0 spiro atoms. The molecule has 1 atom stereocenters. The van der Waals surface area contributed by atoms with Gasteiger partial charge in [0.25, 0.3) is 5.91 Å². The molecule has 6 nitrogen and oxygen atoms in total. The molecular weight excluding hydrogens is 232 g/mol. The van der Waals surface area contributed by atoms with E-state index in [4.69, 9.17) is 10.6 Å². The predicted molar refractivity (Wildman–Crippen MR) is 70.2 cm³/mol. The van der Waals surface area contributed by atoms with Gasteiger partial charge in [-0.3, -0.25) is 4.79 Å². The maximum Gasteiger partial charge on any atom is 0.251 e. The van der Waals surface area contributed by atoms with Crippen molar-refractivity contribution in [2.45, 2.75) is 26.3 Å². The lowest BCUT2D eigenvalue weighted by molar-refractivity contribution is 0.0905. The molecule has 100 valence electrons. The highest BCUT2D eigenvalue weighted by Gasteiger charge is 2.11. The standard InChI is InChI=1S/C12H20N4O2/c1-4-10-5-9(6-11(15-10)16-13)12(17)14-8(2)7-18-3/h5-6,8H,4,7,13H2,1-3H3,(H,14,17)(H,15,16). The van der Waals surface area contributed by atoms with Crippen LogP contribution in [-0.4, -0.2) is 30.6 Å². The molecule has 0 bridgehead atoms. The van der Waals surface area contributed by atoms with Crippen molar-refractivity contribution in [3.63, 3.8) is 0 Å². The Morgan fingerprint density at radius 2 is 2.28 bits per heavy atom. The number of amides is 1. The predicted octanol–water partition coefficient (Wildman–Crippen LogP) is 0.694. The number of anilines is 1. The van der Waals surface area contributed by atoms with E-state index in [0.717, 1.165) is 12.1 Å². The number of carbonyl (C=O) groups is 1. The Balaban J connectivity index is 2.84. The monoisotopic (exact) mass is 252 g/mol. The van der Waals surface area contributed by atoms with Crippen LogP contribution in [0.3, 0.4) is 0 Å². The molecular formula is C12H20N4O2. The Hall–Kier alpha value is -1.66. The number of methoxy groups -OCH3 is 1. The van der Waals surface area contributed by atoms with Crippen molar-refractivity contribution < 1.29 is 9.53 Å². The van der Waals surface area contributed by atoms with Gasteiger partial charge >= 0.3 is 0 Å². The second kappa shape index (κ2) is 6.93. The van der Waals surface area contributed by atoms with Gasteiger partial charge in [-0.25, -0.2) is 10.8 Å². The minimum absolute atomic E-state index is 0.0463. The first-order chi connectivity index (χ1) is 8.60. The Kier molecular flexibility index (Phi) is 5.54. The van der Waals surface area contributed by atoms with Crippen LogP contribution in [0.1, 0.15) is 29.9 Å². The van der Waals surface area contributed by atoms with Gasteiger partial charge < -0.3 is 15.5 Å². The summed E-state index contributed by atoms with van der Waals surface area (Å²) in [6, 6.07) is 3.33. The fraction of sp³-hybridized carbons (Fsp3) is 0.500. The first-order valence-corrected chi connectivity index (χ1v) is 5.88. The lowest BCUT2D eigenvalue weighted by Crippen LogP contribution is -2.35. The molecule has 0 radical (unpaired) electrons. The number of aryl methyl sites for hydroxylation is 1. The van der Waals surface area contributed by atoms with Crippen LogP contribution in [0.25, 0.3) is 0 Å². The molecule has 1 heterocycles. The first kappa shape index (κ1) is 14.4. The second-order valence-electron chi connectivity index (χ2n) is 4.06. The van der Waals surface area contributed by atoms with E-state index in [2.05, 4.69) is 15.7 Å². The van der Waals surface area contributed by atoms with Gasteiger partial charge in [0.05, 0.1) is 6.61 Å². The van der Waals surface area contributed by atoms with E-state index >= 15 is 0 Å². The third-order valence-corrected chi connectivity index (χ3v) is 2.44. The second-order valence-corrected chi connectivity index (χ2v) is 4.06. The van der Waals surface area contributed by atoms with Gasteiger partial charge in [0.2, 0.25) is 0 Å². The maximum atomic E-state index is 12.0. The minimum atomic E-state index is -0.159. The molecule has 0 aliphatic heterocycles. The summed E-state index contributed by atoms with van der Waals surface area (Å²) < 4.78 is 4.97. The summed E-state index contributed by atoms with van der Waals surface area (Å²) in [6.07, 6.45) is 0.740. The number of hydrazine groups is 1. The molecule has 0 aliphatic rings. The van der Waals surface area contributed by atoms with Gasteiger partial charge in [-0.2, -0.15) is 0 Å². The molecule has 0 saturated carbocycles. The van der Waals surface area contributed by atoms with E-state index in [1.54, 1.807) is 19.2 Å². The minimum Gasteiger partial charge on any atom is -0.383 e. The van der Waals surface area contributed by atoms with Crippen molar-refractivity contribution in [2.24, 2.45) is 5.84 Å². The normalized spacial score (nSPS) is 12.0. The van der Waals surface area contributed by atoms with E-state index in [1.807, 2.05) is 13.8 Å². The third kappa shape index (κ3) is 3.97. The number of aromatic nitrogens is 1. The van der Waals surface area contributed by atoms with Gasteiger partial charge in [0.15, 0.2) is 0 Å². The van der Waals surface area contributed by atoms with Crippen LogP contribution in [0.5, 0.6) is 0 Å². The molecule has 1 amide bonds. The summed E-state index contributed by atoms with van der Waals surface area (Å²) in [7, 11) is 1.60. The highest BCUT2D eigenvalue weighted by atomic mass is 16.5. The molecule has 1 aromatic rings. The van der Waals surface area contributed by atoms with Gasteiger partial charge in [-0.05, 0) is 25.5 Å². The summed E-state index contributed by atoms with van der Waals surface area (Å²) in [6.45, 7) is 4.32. The van der Waals surface area contributed by atoms with Crippen molar-refractivity contribution in [2.75, 3.05) is 19.1 Å². The summed E-state index contributed by atoms with van der Waals surface area (Å²) in [5.74, 6) is 5.65. The van der Waals surface area contributed by atoms with Crippen molar-refractivity contribution in [1.29, 1.82) is 0 Å². The fourth-order valence-electron chi connectivity index (χ4n) is 1.57. The van der Waals surface area contributed by atoms with E-state index in [1.165, 1.54) is 0 Å². The van der Waals surface area contributed by atoms with E-state index in [9.17, 15) is 4.79 Å². The van der Waals surface area contributed by atoms with Gasteiger partial charge in [0.1, 0.15) is 5.82 Å². The molecule has 4 N–H and O–H groups in total. The number of nitrogens with one attached hydrogen (secondary N) is 2. The number of hydrogen-bond donors (Lipinski definition) is 3. The third-order valence-electron chi connectivity index (χ3n) is 2.44. The number of nitrogens with two attached hydrogens (primary N) is 1. The van der Waals surface area contributed by atoms with Gasteiger partial charge in [-0.1, -0.05) is 6.92 Å². The lowest BCUT2D eigenvalue weighted by Gasteiger charge is -2.13. The van der Waals surface area contributed by atoms with Crippen LogP contribution in [0, 0.1) is 0 Å². The van der Waals surface area contributed by atoms with E-state index < -0.39 is 0 Å². The van der Waals surface area contributed by atoms with E-state index in [-0.39, 0.29) is 11.9 Å². The summed E-state index contributed by atoms with van der Waals surface area (Å²) in [5.41, 5.74) is 3.81. The summed E-state index contributed by atoms with van der Waals surface area (Å²) >= 11 is 0. The topological polar surface area (TPSA) is 89.3 Å². The summed E-state index contributed by atoms with van der Waals surface area (Å²) in [5, 5.41) is 2.84. The number of hydrogen-bond acceptors (Lipinski definition) is 5. The van der Waals surface area contributed by atoms with Crippen molar-refractivity contribution in [1.82, 2.24) is 10.3 Å². The number of nitrogens with zero attached hydrogens (tertiary/aromatic N) is 1. The van der Waals surface area contributed by atoms with Crippen LogP contribution in [0.4, 0.5) is 5.82 Å². The number of nitrogen functional groups attached to an aromatic ring is 1. The average Bonchev–Trinajstić information content (AvgIpc) is 2.38. The molecule has 0 fully saturated rings. The molecule has 1 unspecified atom stereocenters. The average molecular weight is 252 g/mol. The van der Waals surface area contributed by atoms with Crippen LogP contribution in [0.15, 0.2) is 12.1 Å². The molecule has 0 saturated heterocycles. The maximum absolute atomic E-state index is 12.0. The SMILES string of the molecule is CCc1cc(C(=O)NC(C)COC)cc(NN)n1. The molecule has 0 aliphatic carbocycles. The highest BCUT2D eigenvalue weighted by molar-refractivity contribution is 5.95. The Bertz CT molecular complexity index is 387. The zero-order valence-corrected chi connectivity index (χ0v) is 11.0. The first-order valence-electron chi connectivity index (χ1n) is 5.88. The Labute approximate surface area is 107 Å². The van der Waals surface area contributed by atoms with Gasteiger partial charge in [-0.15, -0.1) is 0 Å². The van der Waals surface area contributed by atoms with Crippen LogP contribution in [-0.2, 0) is 11.2 Å². The molecule has 18 heavy (non-hydrogen) atoms. The van der Waals surface area contributed by atoms with Crippen molar-refractivity contribution in [3.05, 3.63) is 23.4 Å². The Morgan fingerprint density at radius 3 is 2.83 bits per heavy atom. The smallest absolute Gasteiger partial charge is 0.251 e. The largest absolute Gasteiger partial charge is 0.383 e. The van der Waals surface area contributed by atoms with Crippen molar-refractivity contribution >= 4 is 11.7 Å². The number of pyridine rings is 1. The molecule has 1 aromatic heterocycles. The quantitative estimate of drug-likeness (QED) is 0.512. The Morgan fingerprint density at radius 1 is 1.56 bits per heavy atom. The lowest BCUT2D eigenvalue weighted by atomic mass is 10.1. The van der Waals surface area contributed by atoms with E-state index in [0.29, 0.717) is 18.0 Å². The zero-order valence-electron chi connectivity index (χ0n) is 11.0. The van der Waals surface area contributed by atoms with Gasteiger partial charge in [0, 0.05) is 24.4 Å². The van der Waals surface area contributed by atoms with Crippen LogP contribution < -0.4 is 16.6 Å². The molecule has 6 heteroatoms. The number of rotatable bonds is 6. The fourth-order valence-corrected chi connectivity index (χ4v) is 1.57. The number of carbonyl (C=O) groups excluding carboxylic acids is 1.